The van der Waals surface area contributed by atoms with Crippen LogP contribution >= 0.6 is 11.8 Å². The number of ether oxygens (including phenoxy) is 2. The van der Waals surface area contributed by atoms with Crippen molar-refractivity contribution in [2.24, 2.45) is 17.8 Å². The highest BCUT2D eigenvalue weighted by Gasteiger charge is 2.51. The van der Waals surface area contributed by atoms with Gasteiger partial charge in [-0.05, 0) is 91.7 Å². The van der Waals surface area contributed by atoms with Crippen LogP contribution in [-0.2, 0) is 16.1 Å². The van der Waals surface area contributed by atoms with Gasteiger partial charge in [-0.2, -0.15) is 0 Å². The van der Waals surface area contributed by atoms with Crippen LogP contribution in [0.25, 0.3) is 0 Å². The molecular weight excluding hydrogens is 588 g/mol. The standard InChI is InChI=1S/C36H40N2O6S/c39-20-22-8-10-26(11-9-22)31-16-29(21-45-32-7-2-1-6-30(32)33(40)41)43-34(44-31)27-4-3-5-28(15-27)37-35(42)38-36-17-23-12-24(18-36)14-25(13-23)19-36/h1-11,15,23-25,29,31,34,39H,12-14,16-21H2,(H,40,41)(H2,37,38,42)/t23?,24?,25?,29-,31+,34+,36?/m0/s1. The number of carboxylic acid groups (broad SMARTS) is 1. The van der Waals surface area contributed by atoms with Crippen LogP contribution in [0.5, 0.6) is 0 Å². The zero-order valence-corrected chi connectivity index (χ0v) is 26.0. The molecule has 0 aromatic heterocycles. The Morgan fingerprint density at radius 3 is 2.24 bits per heavy atom. The van der Waals surface area contributed by atoms with Crippen LogP contribution in [0.4, 0.5) is 10.5 Å². The van der Waals surface area contributed by atoms with Gasteiger partial charge in [0.15, 0.2) is 6.29 Å². The highest BCUT2D eigenvalue weighted by Crippen LogP contribution is 2.55. The van der Waals surface area contributed by atoms with E-state index in [1.165, 1.54) is 31.0 Å². The van der Waals surface area contributed by atoms with Gasteiger partial charge in [-0.3, -0.25) is 0 Å². The Morgan fingerprint density at radius 2 is 1.56 bits per heavy atom. The number of carbonyl (C=O) groups is 2. The van der Waals surface area contributed by atoms with Gasteiger partial charge in [0.1, 0.15) is 0 Å². The maximum Gasteiger partial charge on any atom is 0.336 e. The number of anilines is 1. The van der Waals surface area contributed by atoms with Gasteiger partial charge in [-0.1, -0.05) is 48.5 Å². The van der Waals surface area contributed by atoms with Crippen LogP contribution in [0.1, 0.15) is 84.4 Å². The number of rotatable bonds is 9. The summed E-state index contributed by atoms with van der Waals surface area (Å²) in [4.78, 5) is 25.7. The lowest BCUT2D eigenvalue weighted by Gasteiger charge is -2.56. The number of nitrogens with one attached hydrogen (secondary N) is 2. The highest BCUT2D eigenvalue weighted by molar-refractivity contribution is 7.99. The average molecular weight is 629 g/mol. The molecule has 5 aliphatic rings. The van der Waals surface area contributed by atoms with E-state index in [1.54, 1.807) is 12.1 Å². The first-order chi connectivity index (χ1) is 21.8. The van der Waals surface area contributed by atoms with E-state index >= 15 is 0 Å². The molecule has 3 aromatic rings. The summed E-state index contributed by atoms with van der Waals surface area (Å²) in [6, 6.07) is 22.2. The normalized spacial score (nSPS) is 30.2. The van der Waals surface area contributed by atoms with Crippen LogP contribution in [0.15, 0.2) is 77.7 Å². The largest absolute Gasteiger partial charge is 0.478 e. The number of aromatic carboxylic acids is 1. The first-order valence-corrected chi connectivity index (χ1v) is 17.0. The lowest BCUT2D eigenvalue weighted by Crippen LogP contribution is -2.60. The smallest absolute Gasteiger partial charge is 0.336 e. The molecule has 8 rings (SSSR count). The van der Waals surface area contributed by atoms with Gasteiger partial charge >= 0.3 is 12.0 Å². The molecule has 0 spiro atoms. The fraction of sp³-hybridized carbons (Fsp3) is 0.444. The van der Waals surface area contributed by atoms with Crippen molar-refractivity contribution in [3.8, 4) is 0 Å². The minimum atomic E-state index is -0.956. The molecule has 4 saturated carbocycles. The van der Waals surface area contributed by atoms with Gasteiger partial charge in [0.2, 0.25) is 0 Å². The summed E-state index contributed by atoms with van der Waals surface area (Å²) in [6.07, 6.45) is 6.64. The Labute approximate surface area is 267 Å². The second kappa shape index (κ2) is 12.8. The Bertz CT molecular complexity index is 1510. The minimum Gasteiger partial charge on any atom is -0.478 e. The van der Waals surface area contributed by atoms with Crippen molar-refractivity contribution in [3.63, 3.8) is 0 Å². The van der Waals surface area contributed by atoms with Crippen LogP contribution in [-0.4, -0.2) is 39.6 Å². The third kappa shape index (κ3) is 6.77. The summed E-state index contributed by atoms with van der Waals surface area (Å²) < 4.78 is 13.0. The Balaban J connectivity index is 1.07. The number of benzene rings is 3. The first kappa shape index (κ1) is 30.3. The number of aliphatic hydroxyl groups is 1. The van der Waals surface area contributed by atoms with Gasteiger partial charge < -0.3 is 30.3 Å². The molecule has 4 aliphatic carbocycles. The Morgan fingerprint density at radius 1 is 0.844 bits per heavy atom. The molecule has 3 aromatic carbocycles. The topological polar surface area (TPSA) is 117 Å². The summed E-state index contributed by atoms with van der Waals surface area (Å²) in [5.41, 5.74) is 3.47. The SMILES string of the molecule is O=C(Nc1cccc([C@@H]2O[C@H](CSc3ccccc3C(=O)O)C[C@H](c3ccc(CO)cc3)O2)c1)NC12CC3CC(CC(C3)C1)C2. The summed E-state index contributed by atoms with van der Waals surface area (Å²) in [5, 5.41) is 25.6. The van der Waals surface area contributed by atoms with Crippen molar-refractivity contribution < 1.29 is 29.3 Å². The maximum atomic E-state index is 13.3. The molecule has 1 aliphatic heterocycles. The average Bonchev–Trinajstić information content (AvgIpc) is 3.03. The van der Waals surface area contributed by atoms with E-state index in [0.717, 1.165) is 53.7 Å². The van der Waals surface area contributed by atoms with Gasteiger partial charge in [-0.25, -0.2) is 9.59 Å². The fourth-order valence-electron chi connectivity index (χ4n) is 8.40. The van der Waals surface area contributed by atoms with Crippen molar-refractivity contribution in [1.29, 1.82) is 0 Å². The van der Waals surface area contributed by atoms with Crippen LogP contribution in [0.2, 0.25) is 0 Å². The predicted octanol–water partition coefficient (Wildman–Crippen LogP) is 7.31. The molecule has 45 heavy (non-hydrogen) atoms. The second-order valence-electron chi connectivity index (χ2n) is 13.4. The number of thioether (sulfide) groups is 1. The number of amides is 2. The van der Waals surface area contributed by atoms with Crippen LogP contribution in [0, 0.1) is 17.8 Å². The third-order valence-electron chi connectivity index (χ3n) is 9.99. The lowest BCUT2D eigenvalue weighted by atomic mass is 9.53. The summed E-state index contributed by atoms with van der Waals surface area (Å²) in [7, 11) is 0. The Kier molecular flexibility index (Phi) is 8.61. The van der Waals surface area contributed by atoms with E-state index in [9.17, 15) is 19.8 Å². The molecule has 0 radical (unpaired) electrons. The number of hydrogen-bond donors (Lipinski definition) is 4. The van der Waals surface area contributed by atoms with E-state index in [0.29, 0.717) is 22.8 Å². The summed E-state index contributed by atoms with van der Waals surface area (Å²) in [5.74, 6) is 1.83. The zero-order chi connectivity index (χ0) is 31.0. The van der Waals surface area contributed by atoms with E-state index in [2.05, 4.69) is 10.6 Å². The first-order valence-electron chi connectivity index (χ1n) is 16.0. The second-order valence-corrected chi connectivity index (χ2v) is 14.4. The van der Waals surface area contributed by atoms with Gasteiger partial charge in [0.25, 0.3) is 0 Å². The molecule has 0 unspecified atom stereocenters. The van der Waals surface area contributed by atoms with Crippen molar-refractivity contribution in [1.82, 2.24) is 5.32 Å². The van der Waals surface area contributed by atoms with Crippen molar-refractivity contribution in [2.45, 2.75) is 80.5 Å². The molecule has 4 bridgehead atoms. The summed E-state index contributed by atoms with van der Waals surface area (Å²) >= 11 is 1.46. The molecule has 8 nitrogen and oxygen atoms in total. The molecule has 3 atom stereocenters. The van der Waals surface area contributed by atoms with Crippen molar-refractivity contribution in [2.75, 3.05) is 11.1 Å². The molecule has 2 amide bonds. The van der Waals surface area contributed by atoms with E-state index < -0.39 is 12.3 Å². The molecular formula is C36H40N2O6S. The predicted molar refractivity (Wildman–Crippen MR) is 172 cm³/mol. The van der Waals surface area contributed by atoms with E-state index in [-0.39, 0.29) is 35.9 Å². The maximum absolute atomic E-state index is 13.3. The lowest BCUT2D eigenvalue weighted by molar-refractivity contribution is -0.245. The number of carboxylic acids is 1. The highest BCUT2D eigenvalue weighted by atomic mass is 32.2. The number of aliphatic hydroxyl groups excluding tert-OH is 1. The van der Waals surface area contributed by atoms with Crippen molar-refractivity contribution in [3.05, 3.63) is 95.1 Å². The Hall–Kier alpha value is -3.37. The fourth-order valence-corrected chi connectivity index (χ4v) is 9.47. The molecule has 1 saturated heterocycles. The van der Waals surface area contributed by atoms with Crippen LogP contribution in [0.3, 0.4) is 0 Å². The van der Waals surface area contributed by atoms with Crippen molar-refractivity contribution >= 4 is 29.4 Å². The van der Waals surface area contributed by atoms with E-state index in [1.807, 2.05) is 60.7 Å². The van der Waals surface area contributed by atoms with Gasteiger partial charge in [0.05, 0.1) is 24.4 Å². The van der Waals surface area contributed by atoms with E-state index in [4.69, 9.17) is 9.47 Å². The number of urea groups is 1. The molecule has 236 valence electrons. The monoisotopic (exact) mass is 628 g/mol. The number of carbonyl (C=O) groups excluding carboxylic acids is 1. The molecule has 5 fully saturated rings. The molecule has 1 heterocycles. The zero-order valence-electron chi connectivity index (χ0n) is 25.2. The van der Waals surface area contributed by atoms with Crippen LogP contribution < -0.4 is 10.6 Å². The third-order valence-corrected chi connectivity index (χ3v) is 11.2. The minimum absolute atomic E-state index is 0.0317. The van der Waals surface area contributed by atoms with Gasteiger partial charge in [0, 0.05) is 33.9 Å². The quantitative estimate of drug-likeness (QED) is 0.184. The summed E-state index contributed by atoms with van der Waals surface area (Å²) in [6.45, 7) is -0.0317. The number of hydrogen-bond acceptors (Lipinski definition) is 6. The van der Waals surface area contributed by atoms with Gasteiger partial charge in [-0.15, -0.1) is 11.8 Å². The molecule has 9 heteroatoms. The molecule has 4 N–H and O–H groups in total.